The van der Waals surface area contributed by atoms with E-state index in [-0.39, 0.29) is 11.9 Å². The van der Waals surface area contributed by atoms with Crippen LogP contribution in [0.3, 0.4) is 0 Å². The monoisotopic (exact) mass is 323 g/mol. The fraction of sp³-hybridized carbons (Fsp3) is 0.278. The summed E-state index contributed by atoms with van der Waals surface area (Å²) in [5.74, 6) is 0.0389. The molecule has 0 spiro atoms. The maximum Gasteiger partial charge on any atom is 0.247 e. The first kappa shape index (κ1) is 16.0. The molecule has 0 saturated carbocycles. The van der Waals surface area contributed by atoms with Gasteiger partial charge < -0.3 is 4.90 Å². The zero-order valence-corrected chi connectivity index (χ0v) is 13.9. The Morgan fingerprint density at radius 1 is 1.29 bits per heavy atom. The Labute approximate surface area is 141 Å². The van der Waals surface area contributed by atoms with E-state index in [1.807, 2.05) is 55.6 Å². The van der Waals surface area contributed by atoms with E-state index < -0.39 is 0 Å². The zero-order valence-electron chi connectivity index (χ0n) is 13.9. The number of hydrogen-bond acceptors (Lipinski definition) is 3. The summed E-state index contributed by atoms with van der Waals surface area (Å²) in [5, 5.41) is 11.5. The molecule has 6 heteroatoms. The van der Waals surface area contributed by atoms with Gasteiger partial charge in [-0.15, -0.1) is 0 Å². The van der Waals surface area contributed by atoms with Crippen molar-refractivity contribution in [2.75, 3.05) is 7.05 Å². The molecule has 24 heavy (non-hydrogen) atoms. The first-order valence-corrected chi connectivity index (χ1v) is 8.03. The van der Waals surface area contributed by atoms with Crippen LogP contribution in [0.1, 0.15) is 25.1 Å². The second kappa shape index (κ2) is 7.12. The first-order valence-electron chi connectivity index (χ1n) is 8.03. The number of carbonyl (C=O) groups is 1. The quantitative estimate of drug-likeness (QED) is 0.758. The third-order valence-corrected chi connectivity index (χ3v) is 4.00. The number of nitrogens with zero attached hydrogens (tertiary/aromatic N) is 4. The van der Waals surface area contributed by atoms with Crippen LogP contribution in [-0.2, 0) is 11.3 Å². The van der Waals surface area contributed by atoms with Crippen LogP contribution in [0, 0.1) is 0 Å². The molecule has 2 aromatic heterocycles. The molecule has 0 aliphatic heterocycles. The molecule has 1 amide bonds. The fourth-order valence-corrected chi connectivity index (χ4v) is 2.73. The van der Waals surface area contributed by atoms with E-state index in [2.05, 4.69) is 15.3 Å². The summed E-state index contributed by atoms with van der Waals surface area (Å²) in [7, 11) is 1.80. The van der Waals surface area contributed by atoms with Gasteiger partial charge in [-0.25, -0.2) is 0 Å². The van der Waals surface area contributed by atoms with Crippen molar-refractivity contribution in [1.82, 2.24) is 24.9 Å². The van der Waals surface area contributed by atoms with Crippen molar-refractivity contribution in [1.29, 1.82) is 0 Å². The number of carbonyl (C=O) groups excluding carboxylic acids is 1. The van der Waals surface area contributed by atoms with Crippen molar-refractivity contribution in [3.63, 3.8) is 0 Å². The summed E-state index contributed by atoms with van der Waals surface area (Å²) in [5.41, 5.74) is 2.84. The Hall–Kier alpha value is -2.89. The van der Waals surface area contributed by atoms with Gasteiger partial charge in [0.05, 0.1) is 17.9 Å². The topological polar surface area (TPSA) is 66.8 Å². The predicted molar refractivity (Wildman–Crippen MR) is 92.1 cm³/mol. The van der Waals surface area contributed by atoms with E-state index in [4.69, 9.17) is 0 Å². The number of benzene rings is 1. The fourth-order valence-electron chi connectivity index (χ4n) is 2.73. The Bertz CT molecular complexity index is 779. The van der Waals surface area contributed by atoms with Gasteiger partial charge in [0.2, 0.25) is 5.91 Å². The lowest BCUT2D eigenvalue weighted by Gasteiger charge is -2.22. The Balaban J connectivity index is 1.69. The van der Waals surface area contributed by atoms with Gasteiger partial charge in [0.1, 0.15) is 6.04 Å². The molecule has 1 atom stereocenters. The Morgan fingerprint density at radius 2 is 2.08 bits per heavy atom. The Kier molecular flexibility index (Phi) is 4.74. The van der Waals surface area contributed by atoms with Crippen molar-refractivity contribution in [2.45, 2.75) is 25.9 Å². The molecular weight excluding hydrogens is 302 g/mol. The maximum absolute atomic E-state index is 12.7. The summed E-state index contributed by atoms with van der Waals surface area (Å²) < 4.78 is 1.71. The number of hydrogen-bond donors (Lipinski definition) is 1. The van der Waals surface area contributed by atoms with Crippen LogP contribution < -0.4 is 0 Å². The second-order valence-corrected chi connectivity index (χ2v) is 5.75. The van der Waals surface area contributed by atoms with E-state index in [0.717, 1.165) is 17.0 Å². The number of H-pyrrole nitrogens is 1. The first-order chi connectivity index (χ1) is 11.7. The van der Waals surface area contributed by atoms with E-state index in [1.54, 1.807) is 22.8 Å². The van der Waals surface area contributed by atoms with Gasteiger partial charge in [-0.2, -0.15) is 10.2 Å². The number of nitrogens with one attached hydrogen (secondary N) is 1. The van der Waals surface area contributed by atoms with E-state index in [9.17, 15) is 4.79 Å². The molecule has 0 radical (unpaired) electrons. The lowest BCUT2D eigenvalue weighted by atomic mass is 10.1. The smallest absolute Gasteiger partial charge is 0.247 e. The standard InChI is InChI=1S/C18H21N5O/c1-3-17(23-11-7-10-19-23)18(24)22(2)13-15-12-16(21-20-15)14-8-5-4-6-9-14/h4-12,17H,3,13H2,1-2H3,(H,20,21). The minimum Gasteiger partial charge on any atom is -0.338 e. The number of aromatic nitrogens is 4. The molecule has 3 aromatic rings. The molecule has 6 nitrogen and oxygen atoms in total. The Morgan fingerprint density at radius 3 is 2.75 bits per heavy atom. The summed E-state index contributed by atoms with van der Waals surface area (Å²) in [6.45, 7) is 2.47. The molecule has 3 rings (SSSR count). The average molecular weight is 323 g/mol. The van der Waals surface area contributed by atoms with Gasteiger partial charge in [0, 0.05) is 25.0 Å². The molecule has 0 aliphatic carbocycles. The normalized spacial score (nSPS) is 12.1. The minimum atomic E-state index is -0.276. The van der Waals surface area contributed by atoms with Crippen LogP contribution >= 0.6 is 0 Å². The van der Waals surface area contributed by atoms with Crippen molar-refractivity contribution < 1.29 is 4.79 Å². The molecule has 0 fully saturated rings. The minimum absolute atomic E-state index is 0.0389. The highest BCUT2D eigenvalue weighted by molar-refractivity contribution is 5.80. The van der Waals surface area contributed by atoms with Crippen molar-refractivity contribution in [3.05, 3.63) is 60.6 Å². The summed E-state index contributed by atoms with van der Waals surface area (Å²) in [6, 6.07) is 13.5. The lowest BCUT2D eigenvalue weighted by Crippen LogP contribution is -2.34. The largest absolute Gasteiger partial charge is 0.338 e. The maximum atomic E-state index is 12.7. The SMILES string of the molecule is CCC(C(=O)N(C)Cc1cc(-c2ccccc2)n[nH]1)n1cccn1. The summed E-state index contributed by atoms with van der Waals surface area (Å²) >= 11 is 0. The molecule has 1 aromatic carbocycles. The molecular formula is C18H21N5O. The molecule has 2 heterocycles. The molecule has 1 unspecified atom stereocenters. The van der Waals surface area contributed by atoms with Gasteiger partial charge >= 0.3 is 0 Å². The van der Waals surface area contributed by atoms with Gasteiger partial charge in [-0.05, 0) is 18.6 Å². The van der Waals surface area contributed by atoms with Gasteiger partial charge in [-0.1, -0.05) is 37.3 Å². The molecule has 1 N–H and O–H groups in total. The zero-order chi connectivity index (χ0) is 16.9. The lowest BCUT2D eigenvalue weighted by molar-refractivity contribution is -0.134. The molecule has 0 bridgehead atoms. The molecule has 0 aliphatic rings. The van der Waals surface area contributed by atoms with Crippen molar-refractivity contribution in [3.8, 4) is 11.3 Å². The van der Waals surface area contributed by atoms with E-state index in [0.29, 0.717) is 13.0 Å². The number of amides is 1. The third kappa shape index (κ3) is 3.37. The second-order valence-electron chi connectivity index (χ2n) is 5.75. The van der Waals surface area contributed by atoms with Crippen molar-refractivity contribution >= 4 is 5.91 Å². The highest BCUT2D eigenvalue weighted by Gasteiger charge is 2.22. The number of rotatable bonds is 6. The third-order valence-electron chi connectivity index (χ3n) is 4.00. The van der Waals surface area contributed by atoms with Crippen LogP contribution in [0.2, 0.25) is 0 Å². The predicted octanol–water partition coefficient (Wildman–Crippen LogP) is 2.88. The number of aromatic amines is 1. The van der Waals surface area contributed by atoms with Gasteiger partial charge in [-0.3, -0.25) is 14.6 Å². The summed E-state index contributed by atoms with van der Waals surface area (Å²) in [4.78, 5) is 14.4. The van der Waals surface area contributed by atoms with Crippen LogP contribution in [0.15, 0.2) is 54.9 Å². The number of likely N-dealkylation sites (N-methyl/N-ethyl adjacent to an activating group) is 1. The van der Waals surface area contributed by atoms with Gasteiger partial charge in [0.15, 0.2) is 0 Å². The average Bonchev–Trinajstić information content (AvgIpc) is 3.28. The molecule has 124 valence electrons. The highest BCUT2D eigenvalue weighted by atomic mass is 16.2. The van der Waals surface area contributed by atoms with Crippen LogP contribution in [0.25, 0.3) is 11.3 Å². The van der Waals surface area contributed by atoms with Crippen LogP contribution in [0.4, 0.5) is 0 Å². The highest BCUT2D eigenvalue weighted by Crippen LogP contribution is 2.19. The van der Waals surface area contributed by atoms with Crippen LogP contribution in [-0.4, -0.2) is 37.8 Å². The van der Waals surface area contributed by atoms with Gasteiger partial charge in [0.25, 0.3) is 0 Å². The van der Waals surface area contributed by atoms with E-state index in [1.165, 1.54) is 0 Å². The van der Waals surface area contributed by atoms with Crippen molar-refractivity contribution in [2.24, 2.45) is 0 Å². The van der Waals surface area contributed by atoms with Crippen LogP contribution in [0.5, 0.6) is 0 Å². The van der Waals surface area contributed by atoms with E-state index >= 15 is 0 Å². The molecule has 0 saturated heterocycles. The summed E-state index contributed by atoms with van der Waals surface area (Å²) in [6.07, 6.45) is 4.21.